The van der Waals surface area contributed by atoms with Crippen LogP contribution in [0.3, 0.4) is 0 Å². The van der Waals surface area contributed by atoms with Crippen LogP contribution in [-0.2, 0) is 5.41 Å². The number of hydrogen-bond acceptors (Lipinski definition) is 4. The lowest BCUT2D eigenvalue weighted by atomic mass is 9.66. The standard InChI is InChI=1S/C61H40N2OS/c1-4-20-42(21-5-1)62(43-22-6-2-7-23-43)45-26-18-19-41(37-45)49-39-55-50(47-27-10-12-29-52(47)61(55)53-30-13-15-32-57(53)64-58-33-16-14-31-54(58)61)40-56(49)63(44-24-8-3-9-25-44)46-35-36-60-51(38-46)48-28-11-17-34-59(48)65-60/h1-40H. The van der Waals surface area contributed by atoms with Gasteiger partial charge in [0.15, 0.2) is 0 Å². The van der Waals surface area contributed by atoms with Crippen molar-refractivity contribution in [2.45, 2.75) is 5.41 Å². The third-order valence-corrected chi connectivity index (χ3v) is 14.4. The summed E-state index contributed by atoms with van der Waals surface area (Å²) in [4.78, 5) is 4.82. The van der Waals surface area contributed by atoms with Gasteiger partial charge in [-0.2, -0.15) is 0 Å². The van der Waals surface area contributed by atoms with Crippen LogP contribution in [0.25, 0.3) is 42.4 Å². The average molecular weight is 849 g/mol. The Labute approximate surface area is 382 Å². The van der Waals surface area contributed by atoms with E-state index in [9.17, 15) is 0 Å². The molecule has 0 unspecified atom stereocenters. The predicted molar refractivity (Wildman–Crippen MR) is 272 cm³/mol. The van der Waals surface area contributed by atoms with E-state index in [-0.39, 0.29) is 0 Å². The van der Waals surface area contributed by atoms with Gasteiger partial charge < -0.3 is 14.5 Å². The SMILES string of the molecule is c1ccc(N(c2ccccc2)c2cccc(-c3cc4c(cc3N(c3ccccc3)c3ccc5sc6ccccc6c5c3)-c3ccccc3C43c4ccccc4Oc4ccccc43)c2)cc1. The van der Waals surface area contributed by atoms with E-state index >= 15 is 0 Å². The van der Waals surface area contributed by atoms with E-state index in [1.54, 1.807) is 0 Å². The molecule has 306 valence electrons. The Bertz CT molecular complexity index is 3510. The highest BCUT2D eigenvalue weighted by molar-refractivity contribution is 7.25. The van der Waals surface area contributed by atoms with Crippen LogP contribution in [0.5, 0.6) is 11.5 Å². The summed E-state index contributed by atoms with van der Waals surface area (Å²) in [6.07, 6.45) is 0. The van der Waals surface area contributed by atoms with Crippen LogP contribution in [0.4, 0.5) is 34.1 Å². The Hall–Kier alpha value is -8.18. The third kappa shape index (κ3) is 5.81. The zero-order chi connectivity index (χ0) is 42.9. The number of fused-ring (bicyclic) bond motifs is 12. The molecule has 0 bridgehead atoms. The largest absolute Gasteiger partial charge is 0.457 e. The molecular formula is C61H40N2OS. The lowest BCUT2D eigenvalue weighted by molar-refractivity contribution is 0.436. The first-order chi connectivity index (χ1) is 32.2. The normalized spacial score (nSPS) is 12.9. The summed E-state index contributed by atoms with van der Waals surface area (Å²) in [5.74, 6) is 1.76. The van der Waals surface area contributed by atoms with Gasteiger partial charge >= 0.3 is 0 Å². The molecule has 4 heteroatoms. The second-order valence-electron chi connectivity index (χ2n) is 16.8. The van der Waals surface area contributed by atoms with Gasteiger partial charge in [0.1, 0.15) is 11.5 Å². The molecule has 11 aromatic rings. The van der Waals surface area contributed by atoms with Crippen molar-refractivity contribution in [3.05, 3.63) is 265 Å². The summed E-state index contributed by atoms with van der Waals surface area (Å²) >= 11 is 1.85. The van der Waals surface area contributed by atoms with Crippen molar-refractivity contribution in [1.82, 2.24) is 0 Å². The number of anilines is 6. The topological polar surface area (TPSA) is 15.7 Å². The lowest BCUT2D eigenvalue weighted by Crippen LogP contribution is -2.32. The van der Waals surface area contributed by atoms with Crippen molar-refractivity contribution in [1.29, 1.82) is 0 Å². The van der Waals surface area contributed by atoms with Gasteiger partial charge in [-0.15, -0.1) is 11.3 Å². The Morgan fingerprint density at radius 2 is 0.862 bits per heavy atom. The van der Waals surface area contributed by atoms with Gasteiger partial charge in [0, 0.05) is 65.3 Å². The Morgan fingerprint density at radius 1 is 0.323 bits per heavy atom. The summed E-state index contributed by atoms with van der Waals surface area (Å²) in [6, 6.07) is 88.3. The van der Waals surface area contributed by atoms with Crippen molar-refractivity contribution < 1.29 is 4.74 Å². The zero-order valence-corrected chi connectivity index (χ0v) is 36.1. The fraction of sp³-hybridized carbons (Fsp3) is 0.0164. The monoisotopic (exact) mass is 848 g/mol. The molecule has 1 aliphatic carbocycles. The van der Waals surface area contributed by atoms with Crippen LogP contribution in [0.15, 0.2) is 243 Å². The molecule has 0 amide bonds. The first kappa shape index (κ1) is 37.4. The molecule has 0 radical (unpaired) electrons. The molecule has 2 aliphatic rings. The molecular weight excluding hydrogens is 809 g/mol. The molecule has 1 aliphatic heterocycles. The molecule has 3 nitrogen and oxygen atoms in total. The van der Waals surface area contributed by atoms with Crippen molar-refractivity contribution >= 4 is 65.6 Å². The van der Waals surface area contributed by atoms with Gasteiger partial charge in [0.2, 0.25) is 0 Å². The predicted octanol–water partition coefficient (Wildman–Crippen LogP) is 17.1. The number of para-hydroxylation sites is 5. The average Bonchev–Trinajstić information content (AvgIpc) is 3.88. The molecule has 10 aromatic carbocycles. The first-order valence-corrected chi connectivity index (χ1v) is 23.0. The van der Waals surface area contributed by atoms with Crippen LogP contribution in [-0.4, -0.2) is 0 Å². The third-order valence-electron chi connectivity index (χ3n) is 13.3. The first-order valence-electron chi connectivity index (χ1n) is 22.2. The van der Waals surface area contributed by atoms with Crippen molar-refractivity contribution in [2.24, 2.45) is 0 Å². The summed E-state index contributed by atoms with van der Waals surface area (Å²) in [7, 11) is 0. The van der Waals surface area contributed by atoms with E-state index in [1.165, 1.54) is 42.4 Å². The Balaban J connectivity index is 1.13. The molecule has 0 fully saturated rings. The number of rotatable bonds is 7. The van der Waals surface area contributed by atoms with Gasteiger partial charge in [-0.1, -0.05) is 146 Å². The molecule has 13 rings (SSSR count). The minimum Gasteiger partial charge on any atom is -0.457 e. The molecule has 65 heavy (non-hydrogen) atoms. The van der Waals surface area contributed by atoms with E-state index < -0.39 is 5.41 Å². The number of nitrogens with zero attached hydrogens (tertiary/aromatic N) is 2. The van der Waals surface area contributed by atoms with Gasteiger partial charge in [-0.25, -0.2) is 0 Å². The van der Waals surface area contributed by atoms with Crippen LogP contribution in [0, 0.1) is 0 Å². The highest BCUT2D eigenvalue weighted by Gasteiger charge is 2.51. The van der Waals surface area contributed by atoms with Gasteiger partial charge in [-0.3, -0.25) is 0 Å². The summed E-state index contributed by atoms with van der Waals surface area (Å²) < 4.78 is 9.33. The highest BCUT2D eigenvalue weighted by atomic mass is 32.1. The maximum Gasteiger partial charge on any atom is 0.132 e. The number of benzene rings is 10. The molecule has 1 aromatic heterocycles. The molecule has 0 saturated carbocycles. The molecule has 0 atom stereocenters. The van der Waals surface area contributed by atoms with E-state index in [1.807, 2.05) is 11.3 Å². The van der Waals surface area contributed by atoms with E-state index in [4.69, 9.17) is 4.74 Å². The van der Waals surface area contributed by atoms with Gasteiger partial charge in [0.25, 0.3) is 0 Å². The van der Waals surface area contributed by atoms with Crippen molar-refractivity contribution in [3.63, 3.8) is 0 Å². The second kappa shape index (κ2) is 15.0. The summed E-state index contributed by atoms with van der Waals surface area (Å²) in [5, 5.41) is 2.54. The van der Waals surface area contributed by atoms with Crippen molar-refractivity contribution in [3.8, 4) is 33.8 Å². The fourth-order valence-corrected chi connectivity index (χ4v) is 11.7. The molecule has 0 saturated heterocycles. The quantitative estimate of drug-likeness (QED) is 0.159. The maximum absolute atomic E-state index is 6.76. The summed E-state index contributed by atoms with van der Waals surface area (Å²) in [5.41, 5.74) is 15.4. The fourth-order valence-electron chi connectivity index (χ4n) is 10.6. The Kier molecular flexibility index (Phi) is 8.62. The number of hydrogen-bond donors (Lipinski definition) is 0. The van der Waals surface area contributed by atoms with E-state index in [2.05, 4.69) is 252 Å². The maximum atomic E-state index is 6.76. The van der Waals surface area contributed by atoms with Crippen LogP contribution in [0.2, 0.25) is 0 Å². The van der Waals surface area contributed by atoms with E-state index in [0.717, 1.165) is 67.9 Å². The van der Waals surface area contributed by atoms with Crippen LogP contribution in [0.1, 0.15) is 22.3 Å². The highest BCUT2D eigenvalue weighted by Crippen LogP contribution is 2.63. The Morgan fingerprint density at radius 3 is 1.55 bits per heavy atom. The van der Waals surface area contributed by atoms with Crippen LogP contribution < -0.4 is 14.5 Å². The molecule has 1 spiro atoms. The minimum absolute atomic E-state index is 0.631. The summed E-state index contributed by atoms with van der Waals surface area (Å²) in [6.45, 7) is 0. The smallest absolute Gasteiger partial charge is 0.132 e. The number of thiophene rings is 1. The zero-order valence-electron chi connectivity index (χ0n) is 35.3. The number of ether oxygens (including phenoxy) is 1. The lowest BCUT2D eigenvalue weighted by Gasteiger charge is -2.39. The van der Waals surface area contributed by atoms with Crippen molar-refractivity contribution in [2.75, 3.05) is 9.80 Å². The van der Waals surface area contributed by atoms with Gasteiger partial charge in [0.05, 0.1) is 11.1 Å². The van der Waals surface area contributed by atoms with E-state index in [0.29, 0.717) is 0 Å². The second-order valence-corrected chi connectivity index (χ2v) is 17.9. The molecule has 2 heterocycles. The molecule has 0 N–H and O–H groups in total. The minimum atomic E-state index is -0.631. The van der Waals surface area contributed by atoms with Gasteiger partial charge in [-0.05, 0) is 125 Å². The van der Waals surface area contributed by atoms with Crippen LogP contribution >= 0.6 is 11.3 Å².